The van der Waals surface area contributed by atoms with Gasteiger partial charge < -0.3 is 20.6 Å². The normalized spacial score (nSPS) is 21.2. The number of aliphatic hydroxyl groups is 1. The van der Waals surface area contributed by atoms with Crippen molar-refractivity contribution in [2.24, 2.45) is 5.92 Å². The van der Waals surface area contributed by atoms with Crippen molar-refractivity contribution in [3.05, 3.63) is 35.5 Å². The van der Waals surface area contributed by atoms with Gasteiger partial charge in [0.15, 0.2) is 0 Å². The molecule has 1 aromatic carbocycles. The van der Waals surface area contributed by atoms with Gasteiger partial charge >= 0.3 is 0 Å². The monoisotopic (exact) mass is 302 g/mol. The molecular weight excluding hydrogens is 276 g/mol. The molecule has 120 valence electrons. The van der Waals surface area contributed by atoms with Crippen LogP contribution in [0.15, 0.2) is 24.4 Å². The zero-order valence-electron chi connectivity index (χ0n) is 13.5. The molecule has 2 rings (SSSR count). The van der Waals surface area contributed by atoms with Crippen molar-refractivity contribution in [3.8, 4) is 5.75 Å². The standard InChI is InChI=1S/C18H26N2O2/c1-12-4-7-15(11-19)17(18(12)22-3)20-13(2)10-14-5-8-16(21)9-6-14/h4,7,11,14,16,19-21H,2,5-6,8-10H2,1,3H3. The van der Waals surface area contributed by atoms with Crippen molar-refractivity contribution in [2.45, 2.75) is 45.1 Å². The van der Waals surface area contributed by atoms with Crippen LogP contribution in [-0.4, -0.2) is 24.5 Å². The third kappa shape index (κ3) is 3.89. The van der Waals surface area contributed by atoms with Gasteiger partial charge in [0.05, 0.1) is 18.9 Å². The van der Waals surface area contributed by atoms with E-state index in [-0.39, 0.29) is 6.10 Å². The molecule has 3 N–H and O–H groups in total. The molecule has 0 saturated heterocycles. The average Bonchev–Trinajstić information content (AvgIpc) is 2.50. The molecule has 1 aliphatic carbocycles. The fourth-order valence-corrected chi connectivity index (χ4v) is 3.14. The Morgan fingerprint density at radius 3 is 2.68 bits per heavy atom. The number of aryl methyl sites for hydroxylation is 1. The van der Waals surface area contributed by atoms with Gasteiger partial charge in [0.1, 0.15) is 5.75 Å². The highest BCUT2D eigenvalue weighted by Gasteiger charge is 2.20. The van der Waals surface area contributed by atoms with Gasteiger partial charge in [0.25, 0.3) is 0 Å². The zero-order chi connectivity index (χ0) is 16.1. The van der Waals surface area contributed by atoms with Crippen LogP contribution in [0.1, 0.15) is 43.2 Å². The SMILES string of the molecule is C=C(CC1CCC(O)CC1)Nc1c(C=N)ccc(C)c1OC. The van der Waals surface area contributed by atoms with E-state index in [9.17, 15) is 5.11 Å². The first kappa shape index (κ1) is 16.6. The summed E-state index contributed by atoms with van der Waals surface area (Å²) in [5, 5.41) is 20.5. The van der Waals surface area contributed by atoms with Gasteiger partial charge in [-0.3, -0.25) is 0 Å². The van der Waals surface area contributed by atoms with E-state index in [1.54, 1.807) is 7.11 Å². The quantitative estimate of drug-likeness (QED) is 0.699. The summed E-state index contributed by atoms with van der Waals surface area (Å²) in [4.78, 5) is 0. The molecule has 22 heavy (non-hydrogen) atoms. The molecule has 0 aromatic heterocycles. The molecule has 0 bridgehead atoms. The number of anilines is 1. The Bertz CT molecular complexity index is 546. The second-order valence-electron chi connectivity index (χ2n) is 6.13. The lowest BCUT2D eigenvalue weighted by molar-refractivity contribution is 0.109. The van der Waals surface area contributed by atoms with Crippen LogP contribution in [0.3, 0.4) is 0 Å². The summed E-state index contributed by atoms with van der Waals surface area (Å²) in [6.45, 7) is 6.13. The average molecular weight is 302 g/mol. The van der Waals surface area contributed by atoms with Gasteiger partial charge in [0, 0.05) is 17.5 Å². The molecule has 0 heterocycles. The molecule has 1 saturated carbocycles. The fraction of sp³-hybridized carbons (Fsp3) is 0.500. The Hall–Kier alpha value is -1.81. The van der Waals surface area contributed by atoms with Gasteiger partial charge in [-0.25, -0.2) is 0 Å². The molecule has 0 radical (unpaired) electrons. The lowest BCUT2D eigenvalue weighted by Gasteiger charge is -2.26. The van der Waals surface area contributed by atoms with E-state index in [0.717, 1.165) is 60.4 Å². The Labute approximate surface area is 132 Å². The van der Waals surface area contributed by atoms with Crippen LogP contribution in [0.5, 0.6) is 5.75 Å². The summed E-state index contributed by atoms with van der Waals surface area (Å²) in [6, 6.07) is 3.87. The molecule has 0 amide bonds. The van der Waals surface area contributed by atoms with Crippen LogP contribution in [0.25, 0.3) is 0 Å². The first-order valence-electron chi connectivity index (χ1n) is 7.86. The van der Waals surface area contributed by atoms with Crippen molar-refractivity contribution < 1.29 is 9.84 Å². The third-order valence-corrected chi connectivity index (χ3v) is 4.40. The number of allylic oxidation sites excluding steroid dienone is 1. The van der Waals surface area contributed by atoms with Crippen LogP contribution in [0, 0.1) is 18.3 Å². The van der Waals surface area contributed by atoms with Crippen LogP contribution in [-0.2, 0) is 0 Å². The zero-order valence-corrected chi connectivity index (χ0v) is 13.5. The molecule has 0 aliphatic heterocycles. The Morgan fingerprint density at radius 1 is 1.41 bits per heavy atom. The minimum atomic E-state index is -0.126. The van der Waals surface area contributed by atoms with Gasteiger partial charge in [-0.05, 0) is 50.5 Å². The highest BCUT2D eigenvalue weighted by Crippen LogP contribution is 2.34. The Kier molecular flexibility index (Phi) is 5.61. The summed E-state index contributed by atoms with van der Waals surface area (Å²) in [5.41, 5.74) is 3.58. The Morgan fingerprint density at radius 2 is 2.09 bits per heavy atom. The molecule has 0 spiro atoms. The maximum Gasteiger partial charge on any atom is 0.145 e. The molecular formula is C18H26N2O2. The van der Waals surface area contributed by atoms with Crippen LogP contribution >= 0.6 is 0 Å². The Balaban J connectivity index is 2.08. The highest BCUT2D eigenvalue weighted by atomic mass is 16.5. The fourth-order valence-electron chi connectivity index (χ4n) is 3.14. The molecule has 1 fully saturated rings. The van der Waals surface area contributed by atoms with E-state index in [1.165, 1.54) is 6.21 Å². The topological polar surface area (TPSA) is 65.3 Å². The van der Waals surface area contributed by atoms with Crippen LogP contribution < -0.4 is 10.1 Å². The van der Waals surface area contributed by atoms with E-state index >= 15 is 0 Å². The third-order valence-electron chi connectivity index (χ3n) is 4.40. The molecule has 4 heteroatoms. The van der Waals surface area contributed by atoms with E-state index in [0.29, 0.717) is 5.92 Å². The predicted octanol–water partition coefficient (Wildman–Crippen LogP) is 3.87. The number of hydrogen-bond donors (Lipinski definition) is 3. The lowest BCUT2D eigenvalue weighted by Crippen LogP contribution is -2.19. The van der Waals surface area contributed by atoms with Gasteiger partial charge in [-0.2, -0.15) is 0 Å². The maximum atomic E-state index is 9.58. The second-order valence-corrected chi connectivity index (χ2v) is 6.13. The summed E-state index contributed by atoms with van der Waals surface area (Å²) >= 11 is 0. The summed E-state index contributed by atoms with van der Waals surface area (Å²) in [5.74, 6) is 1.34. The second kappa shape index (κ2) is 7.45. The number of aliphatic hydroxyl groups excluding tert-OH is 1. The summed E-state index contributed by atoms with van der Waals surface area (Å²) in [7, 11) is 1.65. The van der Waals surface area contributed by atoms with Crippen LogP contribution in [0.4, 0.5) is 5.69 Å². The number of nitrogens with one attached hydrogen (secondary N) is 2. The number of hydrogen-bond acceptors (Lipinski definition) is 4. The van der Waals surface area contributed by atoms with E-state index in [2.05, 4.69) is 11.9 Å². The highest BCUT2D eigenvalue weighted by molar-refractivity contribution is 5.89. The molecule has 0 atom stereocenters. The van der Waals surface area contributed by atoms with E-state index in [4.69, 9.17) is 10.1 Å². The number of ether oxygens (including phenoxy) is 1. The minimum Gasteiger partial charge on any atom is -0.494 e. The van der Waals surface area contributed by atoms with Crippen molar-refractivity contribution >= 4 is 11.9 Å². The summed E-state index contributed by atoms with van der Waals surface area (Å²) < 4.78 is 5.48. The molecule has 0 unspecified atom stereocenters. The van der Waals surface area contributed by atoms with Gasteiger partial charge in [-0.15, -0.1) is 0 Å². The molecule has 1 aliphatic rings. The number of benzene rings is 1. The first-order valence-corrected chi connectivity index (χ1v) is 7.86. The van der Waals surface area contributed by atoms with Crippen molar-refractivity contribution in [3.63, 3.8) is 0 Å². The predicted molar refractivity (Wildman–Crippen MR) is 91.0 cm³/mol. The minimum absolute atomic E-state index is 0.126. The molecule has 4 nitrogen and oxygen atoms in total. The number of methoxy groups -OCH3 is 1. The van der Waals surface area contributed by atoms with Crippen LogP contribution in [0.2, 0.25) is 0 Å². The van der Waals surface area contributed by atoms with E-state index < -0.39 is 0 Å². The first-order chi connectivity index (χ1) is 10.5. The van der Waals surface area contributed by atoms with E-state index in [1.807, 2.05) is 19.1 Å². The summed E-state index contributed by atoms with van der Waals surface area (Å²) in [6.07, 6.45) is 5.96. The number of rotatable bonds is 6. The van der Waals surface area contributed by atoms with Gasteiger partial charge in [-0.1, -0.05) is 18.7 Å². The van der Waals surface area contributed by atoms with Crippen molar-refractivity contribution in [2.75, 3.05) is 12.4 Å². The maximum absolute atomic E-state index is 9.58. The van der Waals surface area contributed by atoms with Crippen molar-refractivity contribution in [1.29, 1.82) is 5.41 Å². The largest absolute Gasteiger partial charge is 0.494 e. The molecule has 1 aromatic rings. The van der Waals surface area contributed by atoms with Gasteiger partial charge in [0.2, 0.25) is 0 Å². The van der Waals surface area contributed by atoms with Crippen molar-refractivity contribution in [1.82, 2.24) is 0 Å². The lowest BCUT2D eigenvalue weighted by atomic mass is 9.84. The smallest absolute Gasteiger partial charge is 0.145 e.